The topological polar surface area (TPSA) is 37.8 Å². The van der Waals surface area contributed by atoms with Gasteiger partial charge >= 0.3 is 0 Å². The zero-order valence-corrected chi connectivity index (χ0v) is 8.83. The second-order valence-corrected chi connectivity index (χ2v) is 4.10. The summed E-state index contributed by atoms with van der Waals surface area (Å²) in [6.07, 6.45) is 3.74. The molecule has 2 rings (SSSR count). The minimum absolute atomic E-state index is 0.590. The van der Waals surface area contributed by atoms with E-state index in [-0.39, 0.29) is 0 Å². The lowest BCUT2D eigenvalue weighted by Gasteiger charge is -2.13. The average Bonchev–Trinajstić information content (AvgIpc) is 3.01. The molecule has 1 aliphatic rings. The van der Waals surface area contributed by atoms with Crippen LogP contribution in [-0.2, 0) is 6.42 Å². The molecule has 1 atom stereocenters. The molecule has 0 saturated heterocycles. The number of aryl methyl sites for hydroxylation is 1. The molecule has 14 heavy (non-hydrogen) atoms. The van der Waals surface area contributed by atoms with Crippen LogP contribution in [0.1, 0.15) is 24.2 Å². The van der Waals surface area contributed by atoms with Gasteiger partial charge in [-0.25, -0.2) is 0 Å². The molecular formula is C11H17N3. The first-order valence-electron chi connectivity index (χ1n) is 5.26. The Balaban J connectivity index is 1.98. The molecule has 1 aromatic rings. The zero-order valence-electron chi connectivity index (χ0n) is 8.83. The van der Waals surface area contributed by atoms with Crippen molar-refractivity contribution in [3.63, 3.8) is 0 Å². The third-order valence-corrected chi connectivity index (χ3v) is 2.84. The average molecular weight is 191 g/mol. The molecule has 0 spiro atoms. The molecule has 1 aliphatic carbocycles. The van der Waals surface area contributed by atoms with E-state index in [1.54, 1.807) is 0 Å². The Morgan fingerprint density at radius 2 is 2.21 bits per heavy atom. The van der Waals surface area contributed by atoms with Crippen LogP contribution in [0.2, 0.25) is 0 Å². The first-order valence-corrected chi connectivity index (χ1v) is 5.26. The maximum Gasteiger partial charge on any atom is 0.0646 e. The maximum absolute atomic E-state index is 4.19. The van der Waals surface area contributed by atoms with Crippen LogP contribution in [0.25, 0.3) is 0 Å². The molecule has 76 valence electrons. The van der Waals surface area contributed by atoms with Crippen LogP contribution in [0.15, 0.2) is 12.1 Å². The van der Waals surface area contributed by atoms with Crippen molar-refractivity contribution in [2.45, 2.75) is 32.2 Å². The first kappa shape index (κ1) is 9.59. The van der Waals surface area contributed by atoms with E-state index < -0.39 is 0 Å². The Labute approximate surface area is 84.9 Å². The summed E-state index contributed by atoms with van der Waals surface area (Å²) in [7, 11) is 2.03. The van der Waals surface area contributed by atoms with Gasteiger partial charge in [0, 0.05) is 12.5 Å². The van der Waals surface area contributed by atoms with Crippen LogP contribution in [-0.4, -0.2) is 23.3 Å². The molecule has 0 aromatic carbocycles. The summed E-state index contributed by atoms with van der Waals surface area (Å²) in [5, 5.41) is 11.6. The highest BCUT2D eigenvalue weighted by Crippen LogP contribution is 2.33. The normalized spacial score (nSPS) is 18.1. The lowest BCUT2D eigenvalue weighted by atomic mass is 10.1. The second kappa shape index (κ2) is 4.05. The van der Waals surface area contributed by atoms with Crippen molar-refractivity contribution < 1.29 is 0 Å². The van der Waals surface area contributed by atoms with E-state index in [4.69, 9.17) is 0 Å². The number of rotatable bonds is 4. The monoisotopic (exact) mass is 191 g/mol. The van der Waals surface area contributed by atoms with Crippen LogP contribution in [0.4, 0.5) is 0 Å². The summed E-state index contributed by atoms with van der Waals surface area (Å²) in [4.78, 5) is 0. The standard InChI is InChI=1S/C11H17N3/c1-8-3-6-10(14-13-8)7-11(12-2)9-4-5-9/h3,6,9,11-12H,4-5,7H2,1-2H3. The van der Waals surface area contributed by atoms with Gasteiger partial charge in [0.15, 0.2) is 0 Å². The third-order valence-electron chi connectivity index (χ3n) is 2.84. The molecule has 0 aliphatic heterocycles. The van der Waals surface area contributed by atoms with E-state index in [2.05, 4.69) is 21.6 Å². The smallest absolute Gasteiger partial charge is 0.0646 e. The fourth-order valence-electron chi connectivity index (χ4n) is 1.76. The van der Waals surface area contributed by atoms with Gasteiger partial charge in [0.2, 0.25) is 0 Å². The number of likely N-dealkylation sites (N-methyl/N-ethyl adjacent to an activating group) is 1. The highest BCUT2D eigenvalue weighted by Gasteiger charge is 2.30. The van der Waals surface area contributed by atoms with Crippen LogP contribution in [0.3, 0.4) is 0 Å². The van der Waals surface area contributed by atoms with Gasteiger partial charge in [-0.05, 0) is 44.9 Å². The van der Waals surface area contributed by atoms with E-state index in [1.807, 2.05) is 20.0 Å². The molecule has 1 unspecified atom stereocenters. The molecule has 1 N–H and O–H groups in total. The van der Waals surface area contributed by atoms with Gasteiger partial charge < -0.3 is 5.32 Å². The fourth-order valence-corrected chi connectivity index (χ4v) is 1.76. The molecule has 0 amide bonds. The molecular weight excluding hydrogens is 174 g/mol. The van der Waals surface area contributed by atoms with Crippen LogP contribution < -0.4 is 5.32 Å². The van der Waals surface area contributed by atoms with Gasteiger partial charge in [-0.2, -0.15) is 10.2 Å². The Hall–Kier alpha value is -0.960. The SMILES string of the molecule is CNC(Cc1ccc(C)nn1)C1CC1. The lowest BCUT2D eigenvalue weighted by molar-refractivity contribution is 0.493. The second-order valence-electron chi connectivity index (χ2n) is 4.10. The predicted octanol–water partition coefficient (Wildman–Crippen LogP) is 1.33. The minimum atomic E-state index is 0.590. The van der Waals surface area contributed by atoms with Crippen LogP contribution in [0, 0.1) is 12.8 Å². The van der Waals surface area contributed by atoms with Crippen molar-refractivity contribution in [3.8, 4) is 0 Å². The van der Waals surface area contributed by atoms with Crippen LogP contribution in [0.5, 0.6) is 0 Å². The summed E-state index contributed by atoms with van der Waals surface area (Å²) in [5.41, 5.74) is 2.09. The summed E-state index contributed by atoms with van der Waals surface area (Å²) >= 11 is 0. The highest BCUT2D eigenvalue weighted by atomic mass is 15.1. The number of hydrogen-bond acceptors (Lipinski definition) is 3. The number of nitrogens with one attached hydrogen (secondary N) is 1. The van der Waals surface area contributed by atoms with Gasteiger partial charge in [0.25, 0.3) is 0 Å². The largest absolute Gasteiger partial charge is 0.316 e. The number of nitrogens with zero attached hydrogens (tertiary/aromatic N) is 2. The van der Waals surface area contributed by atoms with Gasteiger partial charge in [0.05, 0.1) is 11.4 Å². The Morgan fingerprint density at radius 3 is 2.71 bits per heavy atom. The van der Waals surface area contributed by atoms with E-state index in [9.17, 15) is 0 Å². The van der Waals surface area contributed by atoms with Gasteiger partial charge in [0.1, 0.15) is 0 Å². The fraction of sp³-hybridized carbons (Fsp3) is 0.636. The van der Waals surface area contributed by atoms with E-state index >= 15 is 0 Å². The van der Waals surface area contributed by atoms with E-state index in [0.717, 1.165) is 23.7 Å². The molecule has 0 radical (unpaired) electrons. The van der Waals surface area contributed by atoms with Crippen molar-refractivity contribution in [3.05, 3.63) is 23.5 Å². The summed E-state index contributed by atoms with van der Waals surface area (Å²) in [6.45, 7) is 1.97. The molecule has 1 heterocycles. The molecule has 3 nitrogen and oxygen atoms in total. The molecule has 1 saturated carbocycles. The van der Waals surface area contributed by atoms with Crippen molar-refractivity contribution in [2.24, 2.45) is 5.92 Å². The van der Waals surface area contributed by atoms with Crippen molar-refractivity contribution in [2.75, 3.05) is 7.05 Å². The summed E-state index contributed by atoms with van der Waals surface area (Å²) in [5.74, 6) is 0.864. The summed E-state index contributed by atoms with van der Waals surface area (Å²) < 4.78 is 0. The lowest BCUT2D eigenvalue weighted by Crippen LogP contribution is -2.30. The summed E-state index contributed by atoms with van der Waals surface area (Å²) in [6, 6.07) is 4.70. The van der Waals surface area contributed by atoms with Gasteiger partial charge in [-0.1, -0.05) is 0 Å². The minimum Gasteiger partial charge on any atom is -0.316 e. The first-order chi connectivity index (χ1) is 6.79. The Bertz CT molecular complexity index is 290. The number of hydrogen-bond donors (Lipinski definition) is 1. The Kier molecular flexibility index (Phi) is 2.77. The van der Waals surface area contributed by atoms with Crippen molar-refractivity contribution in [1.82, 2.24) is 15.5 Å². The number of aromatic nitrogens is 2. The molecule has 3 heteroatoms. The maximum atomic E-state index is 4.19. The molecule has 1 fully saturated rings. The molecule has 1 aromatic heterocycles. The Morgan fingerprint density at radius 1 is 1.43 bits per heavy atom. The zero-order chi connectivity index (χ0) is 9.97. The van der Waals surface area contributed by atoms with Gasteiger partial charge in [-0.3, -0.25) is 0 Å². The van der Waals surface area contributed by atoms with E-state index in [1.165, 1.54) is 12.8 Å². The van der Waals surface area contributed by atoms with E-state index in [0.29, 0.717) is 6.04 Å². The molecule has 0 bridgehead atoms. The van der Waals surface area contributed by atoms with Crippen molar-refractivity contribution >= 4 is 0 Å². The highest BCUT2D eigenvalue weighted by molar-refractivity contribution is 5.07. The van der Waals surface area contributed by atoms with Crippen molar-refractivity contribution in [1.29, 1.82) is 0 Å². The van der Waals surface area contributed by atoms with Gasteiger partial charge in [-0.15, -0.1) is 0 Å². The van der Waals surface area contributed by atoms with Crippen LogP contribution >= 0.6 is 0 Å². The quantitative estimate of drug-likeness (QED) is 0.780. The third kappa shape index (κ3) is 2.29. The predicted molar refractivity (Wildman–Crippen MR) is 56.0 cm³/mol.